The quantitative estimate of drug-likeness (QED) is 0.716. The molecule has 0 aliphatic carbocycles. The van der Waals surface area contributed by atoms with Gasteiger partial charge in [0.25, 0.3) is 10.0 Å². The van der Waals surface area contributed by atoms with Crippen LogP contribution in [0.3, 0.4) is 0 Å². The van der Waals surface area contributed by atoms with Crippen molar-refractivity contribution in [2.45, 2.75) is 18.4 Å². The molecule has 2 rings (SSSR count). The molecule has 0 saturated heterocycles. The molecule has 2 aromatic rings. The molecule has 0 amide bonds. The van der Waals surface area contributed by atoms with Gasteiger partial charge in [-0.05, 0) is 64.0 Å². The number of thiophene rings is 1. The topological polar surface area (TPSA) is 58.2 Å². The highest BCUT2D eigenvalue weighted by molar-refractivity contribution is 9.11. The third-order valence-corrected chi connectivity index (χ3v) is 6.74. The first kappa shape index (κ1) is 17.0. The summed E-state index contributed by atoms with van der Waals surface area (Å²) in [5, 5.41) is 3.02. The number of anilines is 1. The molecule has 114 valence electrons. The Hall–Kier alpha value is -0.410. The summed E-state index contributed by atoms with van der Waals surface area (Å²) in [6.45, 7) is 2.47. The summed E-state index contributed by atoms with van der Waals surface area (Å²) in [6.07, 6.45) is 0. The first-order valence-electron chi connectivity index (χ1n) is 6.06. The first-order valence-corrected chi connectivity index (χ1v) is 9.94. The molecule has 0 aliphatic heterocycles. The maximum absolute atomic E-state index is 12.6. The Kier molecular flexibility index (Phi) is 5.48. The molecule has 1 heterocycles. The van der Waals surface area contributed by atoms with Crippen LogP contribution < -0.4 is 10.0 Å². The van der Waals surface area contributed by atoms with Gasteiger partial charge in [-0.1, -0.05) is 6.07 Å². The summed E-state index contributed by atoms with van der Waals surface area (Å²) >= 11 is 8.19. The number of sulfonamides is 1. The van der Waals surface area contributed by atoms with Gasteiger partial charge in [0.15, 0.2) is 0 Å². The number of rotatable bonds is 5. The molecule has 0 bridgehead atoms. The zero-order valence-corrected chi connectivity index (χ0v) is 16.2. The fourth-order valence-electron chi connectivity index (χ4n) is 1.84. The number of benzene rings is 1. The van der Waals surface area contributed by atoms with Gasteiger partial charge in [0.1, 0.15) is 4.90 Å². The van der Waals surface area contributed by atoms with Crippen LogP contribution in [0.2, 0.25) is 0 Å². The van der Waals surface area contributed by atoms with Crippen LogP contribution in [0.5, 0.6) is 0 Å². The van der Waals surface area contributed by atoms with Gasteiger partial charge in [0, 0.05) is 25.2 Å². The third kappa shape index (κ3) is 3.87. The summed E-state index contributed by atoms with van der Waals surface area (Å²) in [5.74, 6) is 0. The lowest BCUT2D eigenvalue weighted by Crippen LogP contribution is -2.14. The lowest BCUT2D eigenvalue weighted by atomic mass is 10.3. The van der Waals surface area contributed by atoms with Crippen molar-refractivity contribution in [3.05, 3.63) is 43.0 Å². The van der Waals surface area contributed by atoms with Gasteiger partial charge in [-0.25, -0.2) is 8.42 Å². The summed E-state index contributed by atoms with van der Waals surface area (Å²) < 4.78 is 29.2. The predicted octanol–water partition coefficient (Wildman–Crippen LogP) is 4.10. The molecule has 0 atom stereocenters. The highest BCUT2D eigenvalue weighted by atomic mass is 79.9. The van der Waals surface area contributed by atoms with Crippen molar-refractivity contribution in [1.82, 2.24) is 5.32 Å². The van der Waals surface area contributed by atoms with E-state index in [1.54, 1.807) is 18.2 Å². The molecule has 0 radical (unpaired) electrons. The molecule has 1 aromatic carbocycles. The van der Waals surface area contributed by atoms with Crippen molar-refractivity contribution >= 4 is 58.9 Å². The van der Waals surface area contributed by atoms with Crippen LogP contribution in [0.1, 0.15) is 9.75 Å². The molecule has 0 spiro atoms. The summed E-state index contributed by atoms with van der Waals surface area (Å²) in [6, 6.07) is 7.11. The maximum Gasteiger partial charge on any atom is 0.263 e. The summed E-state index contributed by atoms with van der Waals surface area (Å²) in [5.41, 5.74) is 0.498. The second-order valence-electron chi connectivity index (χ2n) is 4.37. The number of halogens is 2. The zero-order valence-electron chi connectivity index (χ0n) is 11.4. The minimum atomic E-state index is -3.61. The van der Waals surface area contributed by atoms with Crippen LogP contribution in [0.25, 0.3) is 0 Å². The van der Waals surface area contributed by atoms with E-state index in [2.05, 4.69) is 41.9 Å². The Balaban J connectivity index is 2.39. The van der Waals surface area contributed by atoms with Gasteiger partial charge in [0.05, 0.1) is 5.69 Å². The summed E-state index contributed by atoms with van der Waals surface area (Å²) in [4.78, 5) is 2.08. The Morgan fingerprint density at radius 1 is 1.24 bits per heavy atom. The number of hydrogen-bond acceptors (Lipinski definition) is 4. The highest BCUT2D eigenvalue weighted by Crippen LogP contribution is 2.34. The largest absolute Gasteiger partial charge is 0.315 e. The van der Waals surface area contributed by atoms with E-state index in [1.807, 2.05) is 20.0 Å². The van der Waals surface area contributed by atoms with Crippen LogP contribution in [0.4, 0.5) is 5.69 Å². The molecule has 0 saturated carbocycles. The van der Waals surface area contributed by atoms with Gasteiger partial charge < -0.3 is 5.32 Å². The number of nitrogens with one attached hydrogen (secondary N) is 2. The van der Waals surface area contributed by atoms with Crippen LogP contribution >= 0.6 is 43.2 Å². The minimum Gasteiger partial charge on any atom is -0.315 e. The molecule has 2 N–H and O–H groups in total. The number of aryl methyl sites for hydroxylation is 1. The average molecular weight is 454 g/mol. The third-order valence-electron chi connectivity index (χ3n) is 2.76. The van der Waals surface area contributed by atoms with Crippen molar-refractivity contribution in [1.29, 1.82) is 0 Å². The van der Waals surface area contributed by atoms with Gasteiger partial charge in [-0.15, -0.1) is 11.3 Å². The van der Waals surface area contributed by atoms with Crippen LogP contribution in [-0.2, 0) is 16.6 Å². The fraction of sp³-hybridized carbons (Fsp3) is 0.231. The van der Waals surface area contributed by atoms with Crippen LogP contribution in [0.15, 0.2) is 38.1 Å². The lowest BCUT2D eigenvalue weighted by Gasteiger charge is -2.11. The average Bonchev–Trinajstić information content (AvgIpc) is 2.76. The maximum atomic E-state index is 12.6. The van der Waals surface area contributed by atoms with Crippen molar-refractivity contribution in [3.63, 3.8) is 0 Å². The molecule has 4 nitrogen and oxygen atoms in total. The number of hydrogen-bond donors (Lipinski definition) is 2. The molecule has 8 heteroatoms. The van der Waals surface area contributed by atoms with Gasteiger partial charge in [0.2, 0.25) is 0 Å². The molecular formula is C13H14Br2N2O2S2. The Labute approximate surface area is 145 Å². The zero-order chi connectivity index (χ0) is 15.6. The van der Waals surface area contributed by atoms with E-state index in [-0.39, 0.29) is 0 Å². The van der Waals surface area contributed by atoms with E-state index in [4.69, 9.17) is 0 Å². The fourth-order valence-corrected chi connectivity index (χ4v) is 6.05. The first-order chi connectivity index (χ1) is 9.85. The Bertz CT molecular complexity index is 737. The second kappa shape index (κ2) is 6.78. The molecule has 0 fully saturated rings. The highest BCUT2D eigenvalue weighted by Gasteiger charge is 2.21. The van der Waals surface area contributed by atoms with E-state index in [1.165, 1.54) is 11.3 Å². The van der Waals surface area contributed by atoms with Crippen molar-refractivity contribution in [3.8, 4) is 0 Å². The molecular weight excluding hydrogens is 440 g/mol. The van der Waals surface area contributed by atoms with Crippen molar-refractivity contribution < 1.29 is 8.42 Å². The van der Waals surface area contributed by atoms with Crippen molar-refractivity contribution in [2.24, 2.45) is 0 Å². The SMILES string of the molecule is CNCc1cc(S(=O)(=O)Nc2c(Br)cccc2Br)c(C)s1. The summed E-state index contributed by atoms with van der Waals surface area (Å²) in [7, 11) is -1.78. The Morgan fingerprint density at radius 3 is 2.43 bits per heavy atom. The molecule has 1 aromatic heterocycles. The van der Waals surface area contributed by atoms with E-state index < -0.39 is 10.0 Å². The van der Waals surface area contributed by atoms with Crippen LogP contribution in [-0.4, -0.2) is 15.5 Å². The van der Waals surface area contributed by atoms with E-state index in [9.17, 15) is 8.42 Å². The smallest absolute Gasteiger partial charge is 0.263 e. The van der Waals surface area contributed by atoms with Crippen molar-refractivity contribution in [2.75, 3.05) is 11.8 Å². The minimum absolute atomic E-state index is 0.320. The van der Waals surface area contributed by atoms with Gasteiger partial charge >= 0.3 is 0 Å². The van der Waals surface area contributed by atoms with E-state index in [0.717, 1.165) is 9.75 Å². The molecule has 0 aliphatic rings. The lowest BCUT2D eigenvalue weighted by molar-refractivity contribution is 0.601. The monoisotopic (exact) mass is 452 g/mol. The Morgan fingerprint density at radius 2 is 1.86 bits per heavy atom. The molecule has 21 heavy (non-hydrogen) atoms. The predicted molar refractivity (Wildman–Crippen MR) is 94.5 cm³/mol. The molecule has 0 unspecified atom stereocenters. The standard InChI is InChI=1S/C13H14Br2N2O2S2/c1-8-12(6-9(20-8)7-16-2)21(18,19)17-13-10(14)4-3-5-11(13)15/h3-6,16-17H,7H2,1-2H3. The van der Waals surface area contributed by atoms with Gasteiger partial charge in [-0.2, -0.15) is 0 Å². The normalized spacial score (nSPS) is 11.6. The second-order valence-corrected chi connectivity index (χ2v) is 9.07. The van der Waals surface area contributed by atoms with Crippen LogP contribution in [0, 0.1) is 6.92 Å². The number of para-hydroxylation sites is 1. The van der Waals surface area contributed by atoms with Gasteiger partial charge in [-0.3, -0.25) is 4.72 Å². The van der Waals surface area contributed by atoms with E-state index in [0.29, 0.717) is 26.1 Å². The van der Waals surface area contributed by atoms with E-state index >= 15 is 0 Å².